The first-order valence-corrected chi connectivity index (χ1v) is 7.11. The van der Waals surface area contributed by atoms with Crippen LogP contribution in [0.1, 0.15) is 11.1 Å². The van der Waals surface area contributed by atoms with Crippen LogP contribution < -0.4 is 5.43 Å². The van der Waals surface area contributed by atoms with Crippen LogP contribution in [0.25, 0.3) is 0 Å². The summed E-state index contributed by atoms with van der Waals surface area (Å²) in [6, 6.07) is 6.59. The quantitative estimate of drug-likeness (QED) is 0.446. The molecule has 2 N–H and O–H groups in total. The number of hydrazone groups is 1. The minimum Gasteiger partial charge on any atom is -0.507 e. The summed E-state index contributed by atoms with van der Waals surface area (Å²) >= 11 is 3.11. The number of nitrogens with one attached hydrogen (secondary N) is 1. The Morgan fingerprint density at radius 2 is 1.96 bits per heavy atom. The van der Waals surface area contributed by atoms with E-state index in [1.165, 1.54) is 18.3 Å². The van der Waals surface area contributed by atoms with Crippen molar-refractivity contribution in [3.05, 3.63) is 62.1 Å². The van der Waals surface area contributed by atoms with Crippen LogP contribution in [0.4, 0.5) is 24.5 Å². The largest absolute Gasteiger partial charge is 0.507 e. The van der Waals surface area contributed by atoms with Gasteiger partial charge in [-0.25, -0.2) is 0 Å². The number of rotatable bonds is 4. The monoisotopic (exact) mass is 403 g/mol. The second kappa shape index (κ2) is 6.87. The van der Waals surface area contributed by atoms with Gasteiger partial charge in [0.2, 0.25) is 0 Å². The fraction of sp³-hybridized carbons (Fsp3) is 0.0714. The lowest BCUT2D eigenvalue weighted by Gasteiger charge is -2.08. The highest BCUT2D eigenvalue weighted by atomic mass is 79.9. The van der Waals surface area contributed by atoms with Crippen molar-refractivity contribution in [2.75, 3.05) is 5.43 Å². The molecular formula is C14H9BrF3N3O3. The lowest BCUT2D eigenvalue weighted by Crippen LogP contribution is -2.06. The maximum absolute atomic E-state index is 12.6. The predicted molar refractivity (Wildman–Crippen MR) is 85.1 cm³/mol. The fourth-order valence-electron chi connectivity index (χ4n) is 1.73. The van der Waals surface area contributed by atoms with Crippen LogP contribution in [0.5, 0.6) is 5.75 Å². The van der Waals surface area contributed by atoms with Gasteiger partial charge in [0, 0.05) is 6.07 Å². The van der Waals surface area contributed by atoms with Gasteiger partial charge in [-0.1, -0.05) is 0 Å². The molecule has 0 saturated carbocycles. The minimum atomic E-state index is -4.68. The number of phenols is 1. The second-order valence-corrected chi connectivity index (χ2v) is 5.42. The summed E-state index contributed by atoms with van der Waals surface area (Å²) in [6.07, 6.45) is -3.38. The molecule has 2 aromatic rings. The third-order valence-corrected chi connectivity index (χ3v) is 3.53. The number of anilines is 1. The van der Waals surface area contributed by atoms with Gasteiger partial charge in [-0.15, -0.1) is 0 Å². The van der Waals surface area contributed by atoms with Crippen molar-refractivity contribution in [2.24, 2.45) is 5.10 Å². The zero-order valence-corrected chi connectivity index (χ0v) is 13.3. The molecule has 0 atom stereocenters. The number of hydrogen-bond acceptors (Lipinski definition) is 5. The van der Waals surface area contributed by atoms with Gasteiger partial charge >= 0.3 is 6.18 Å². The van der Waals surface area contributed by atoms with Gasteiger partial charge < -0.3 is 5.11 Å². The van der Waals surface area contributed by atoms with E-state index in [-0.39, 0.29) is 11.4 Å². The van der Waals surface area contributed by atoms with Crippen LogP contribution in [0.2, 0.25) is 0 Å². The molecule has 0 fully saturated rings. The molecule has 0 spiro atoms. The van der Waals surface area contributed by atoms with Gasteiger partial charge in [-0.05, 0) is 51.8 Å². The number of benzene rings is 2. The third-order valence-electron chi connectivity index (χ3n) is 2.89. The molecule has 0 saturated heterocycles. The van der Waals surface area contributed by atoms with Crippen LogP contribution in [0.3, 0.4) is 0 Å². The van der Waals surface area contributed by atoms with Crippen LogP contribution in [-0.2, 0) is 6.18 Å². The summed E-state index contributed by atoms with van der Waals surface area (Å²) in [7, 11) is 0. The average Bonchev–Trinajstić information content (AvgIpc) is 2.50. The number of nitro groups is 1. The van der Waals surface area contributed by atoms with E-state index in [9.17, 15) is 28.4 Å². The molecule has 2 aromatic carbocycles. The summed E-state index contributed by atoms with van der Waals surface area (Å²) in [5.74, 6) is 0.0264. The van der Waals surface area contributed by atoms with Crippen LogP contribution >= 0.6 is 15.9 Å². The SMILES string of the molecule is O=[N+]([O-])c1cc(C(F)(F)F)ccc1NN=Cc1ccc(O)c(Br)c1. The zero-order valence-electron chi connectivity index (χ0n) is 11.7. The van der Waals surface area contributed by atoms with Crippen molar-refractivity contribution >= 4 is 33.5 Å². The third kappa shape index (κ3) is 4.22. The number of aromatic hydroxyl groups is 1. The van der Waals surface area contributed by atoms with E-state index >= 15 is 0 Å². The number of halogens is 4. The molecule has 126 valence electrons. The lowest BCUT2D eigenvalue weighted by atomic mass is 10.1. The van der Waals surface area contributed by atoms with E-state index in [4.69, 9.17) is 0 Å². The van der Waals surface area contributed by atoms with Gasteiger partial charge in [-0.2, -0.15) is 18.3 Å². The van der Waals surface area contributed by atoms with Gasteiger partial charge in [0.25, 0.3) is 5.69 Å². The minimum absolute atomic E-state index is 0.0264. The van der Waals surface area contributed by atoms with Gasteiger partial charge in [0.05, 0.1) is 21.2 Å². The Bertz CT molecular complexity index is 810. The van der Waals surface area contributed by atoms with E-state index in [1.807, 2.05) is 0 Å². The molecule has 0 amide bonds. The van der Waals surface area contributed by atoms with Crippen molar-refractivity contribution in [3.8, 4) is 5.75 Å². The first kappa shape index (κ1) is 17.7. The number of alkyl halides is 3. The van der Waals surface area contributed by atoms with Gasteiger partial charge in [0.15, 0.2) is 0 Å². The van der Waals surface area contributed by atoms with Crippen LogP contribution in [0.15, 0.2) is 46.0 Å². The Kier molecular flexibility index (Phi) is 5.07. The fourth-order valence-corrected chi connectivity index (χ4v) is 2.13. The van der Waals surface area contributed by atoms with Gasteiger partial charge in [0.1, 0.15) is 11.4 Å². The zero-order chi connectivity index (χ0) is 17.9. The molecular weight excluding hydrogens is 395 g/mol. The van der Waals surface area contributed by atoms with E-state index < -0.39 is 22.4 Å². The van der Waals surface area contributed by atoms with E-state index in [1.54, 1.807) is 6.07 Å². The average molecular weight is 404 g/mol. The molecule has 0 unspecified atom stereocenters. The Morgan fingerprint density at radius 1 is 1.25 bits per heavy atom. The maximum Gasteiger partial charge on any atom is 0.416 e. The number of nitro benzene ring substituents is 1. The highest BCUT2D eigenvalue weighted by Gasteiger charge is 2.33. The first-order chi connectivity index (χ1) is 11.2. The Hall–Kier alpha value is -2.62. The normalized spacial score (nSPS) is 11.7. The molecule has 0 aliphatic rings. The molecule has 0 radical (unpaired) electrons. The summed E-state index contributed by atoms with van der Waals surface area (Å²) in [5, 5.41) is 24.0. The summed E-state index contributed by atoms with van der Waals surface area (Å²) in [6.45, 7) is 0. The molecule has 6 nitrogen and oxygen atoms in total. The van der Waals surface area contributed by atoms with Crippen molar-refractivity contribution in [1.82, 2.24) is 0 Å². The maximum atomic E-state index is 12.6. The van der Waals surface area contributed by atoms with Crippen molar-refractivity contribution in [2.45, 2.75) is 6.18 Å². The summed E-state index contributed by atoms with van der Waals surface area (Å²) in [4.78, 5) is 10.0. The molecule has 2 rings (SSSR count). The second-order valence-electron chi connectivity index (χ2n) is 4.57. The van der Waals surface area contributed by atoms with Crippen LogP contribution in [-0.4, -0.2) is 16.2 Å². The summed E-state index contributed by atoms with van der Waals surface area (Å²) < 4.78 is 38.3. The Balaban J connectivity index is 2.24. The lowest BCUT2D eigenvalue weighted by molar-refractivity contribution is -0.384. The smallest absolute Gasteiger partial charge is 0.416 e. The number of phenolic OH excluding ortho intramolecular Hbond substituents is 1. The first-order valence-electron chi connectivity index (χ1n) is 6.31. The van der Waals surface area contributed by atoms with E-state index in [0.717, 1.165) is 12.1 Å². The highest BCUT2D eigenvalue weighted by Crippen LogP contribution is 2.35. The highest BCUT2D eigenvalue weighted by molar-refractivity contribution is 9.10. The van der Waals surface area contributed by atoms with Crippen LogP contribution in [0, 0.1) is 10.1 Å². The molecule has 0 aliphatic heterocycles. The van der Waals surface area contributed by atoms with Crippen molar-refractivity contribution < 1.29 is 23.2 Å². The predicted octanol–water partition coefficient (Wildman–Crippen LogP) is 4.53. The van der Waals surface area contributed by atoms with E-state index in [2.05, 4.69) is 26.5 Å². The molecule has 0 aromatic heterocycles. The molecule has 0 aliphatic carbocycles. The van der Waals surface area contributed by atoms with Crippen molar-refractivity contribution in [3.63, 3.8) is 0 Å². The molecule has 24 heavy (non-hydrogen) atoms. The van der Waals surface area contributed by atoms with Gasteiger partial charge in [-0.3, -0.25) is 15.5 Å². The number of hydrogen-bond donors (Lipinski definition) is 2. The topological polar surface area (TPSA) is 87.8 Å². The Labute approximate surface area is 141 Å². The van der Waals surface area contributed by atoms with E-state index in [0.29, 0.717) is 16.1 Å². The molecule has 0 heterocycles. The number of nitrogens with zero attached hydrogens (tertiary/aromatic N) is 2. The molecule has 10 heteroatoms. The van der Waals surface area contributed by atoms with Crippen molar-refractivity contribution in [1.29, 1.82) is 0 Å². The standard InChI is InChI=1S/C14H9BrF3N3O3/c15-10-5-8(1-4-13(10)22)7-19-20-11-3-2-9(14(16,17)18)6-12(11)21(23)24/h1-7,20,22H. The Morgan fingerprint density at radius 3 is 2.54 bits per heavy atom. The molecule has 0 bridgehead atoms. The summed E-state index contributed by atoms with van der Waals surface area (Å²) in [5.41, 5.74) is 0.856.